The van der Waals surface area contributed by atoms with Crippen LogP contribution in [0.25, 0.3) is 0 Å². The van der Waals surface area contributed by atoms with Crippen LogP contribution in [0.3, 0.4) is 0 Å². The molecule has 0 aromatic carbocycles. The van der Waals surface area contributed by atoms with Gasteiger partial charge in [-0.3, -0.25) is 0 Å². The van der Waals surface area contributed by atoms with Gasteiger partial charge in [-0.25, -0.2) is 0 Å². The van der Waals surface area contributed by atoms with Crippen LogP contribution in [0.5, 0.6) is 0 Å². The lowest BCUT2D eigenvalue weighted by Gasteiger charge is -2.71. The van der Waals surface area contributed by atoms with E-state index in [0.29, 0.717) is 23.2 Å². The third kappa shape index (κ3) is 2.86. The first kappa shape index (κ1) is 24.1. The molecule has 2 heteroatoms. The molecule has 5 aliphatic carbocycles. The summed E-state index contributed by atoms with van der Waals surface area (Å²) in [6.45, 7) is 22.1. The molecule has 0 saturated heterocycles. The molecule has 0 aliphatic heterocycles. The third-order valence-electron chi connectivity index (χ3n) is 13.2. The summed E-state index contributed by atoms with van der Waals surface area (Å²) in [6.07, 6.45) is 12.8. The molecule has 186 valence electrons. The van der Waals surface area contributed by atoms with Gasteiger partial charge in [0.25, 0.3) is 0 Å². The largest absolute Gasteiger partial charge is 0.396 e. The van der Waals surface area contributed by atoms with Gasteiger partial charge in [0, 0.05) is 5.41 Å². The Morgan fingerprint density at radius 2 is 1.64 bits per heavy atom. The molecule has 5 rings (SSSR count). The van der Waals surface area contributed by atoms with Gasteiger partial charge in [0.1, 0.15) is 0 Å². The lowest BCUT2D eigenvalue weighted by molar-refractivity contribution is -0.214. The SMILES string of the molecule is C=C1CC(C)(C)C[C@H]2C3=CC[C@@H]4[C@@]5(C)CC[C@H](O)[C@](C)(CO)[C@@H]5CC[C@@]4(C)[C@]3(C)CC[C@@]12C. The van der Waals surface area contributed by atoms with Crippen LogP contribution in [0.1, 0.15) is 106 Å². The molecular weight excluding hydrogens is 404 g/mol. The van der Waals surface area contributed by atoms with Crippen LogP contribution in [0, 0.1) is 50.2 Å². The molecule has 4 saturated carbocycles. The fourth-order valence-electron chi connectivity index (χ4n) is 10.7. The summed E-state index contributed by atoms with van der Waals surface area (Å²) in [6, 6.07) is 0. The molecule has 0 amide bonds. The Bertz CT molecular complexity index is 885. The number of hydrogen-bond donors (Lipinski definition) is 2. The van der Waals surface area contributed by atoms with Crippen molar-refractivity contribution in [3.63, 3.8) is 0 Å². The maximum absolute atomic E-state index is 10.9. The van der Waals surface area contributed by atoms with Crippen LogP contribution in [0.4, 0.5) is 0 Å². The molecule has 0 bridgehead atoms. The van der Waals surface area contributed by atoms with E-state index in [1.165, 1.54) is 44.1 Å². The van der Waals surface area contributed by atoms with Crippen molar-refractivity contribution in [2.45, 2.75) is 112 Å². The highest BCUT2D eigenvalue weighted by atomic mass is 16.3. The molecule has 0 radical (unpaired) electrons. The number of aliphatic hydroxyl groups is 2. The molecule has 5 aliphatic rings. The van der Waals surface area contributed by atoms with Crippen molar-refractivity contribution in [2.24, 2.45) is 50.2 Å². The quantitative estimate of drug-likeness (QED) is 0.408. The van der Waals surface area contributed by atoms with Gasteiger partial charge < -0.3 is 10.2 Å². The summed E-state index contributed by atoms with van der Waals surface area (Å²) in [5, 5.41) is 21.4. The molecule has 33 heavy (non-hydrogen) atoms. The van der Waals surface area contributed by atoms with E-state index < -0.39 is 0 Å². The van der Waals surface area contributed by atoms with Crippen molar-refractivity contribution in [1.29, 1.82) is 0 Å². The van der Waals surface area contributed by atoms with Crippen molar-refractivity contribution < 1.29 is 10.2 Å². The van der Waals surface area contributed by atoms with Crippen LogP contribution in [0.2, 0.25) is 0 Å². The van der Waals surface area contributed by atoms with Crippen molar-refractivity contribution in [1.82, 2.24) is 0 Å². The molecular formula is C31H50O2. The Morgan fingerprint density at radius 3 is 2.30 bits per heavy atom. The van der Waals surface area contributed by atoms with Crippen LogP contribution in [0.15, 0.2) is 23.8 Å². The van der Waals surface area contributed by atoms with E-state index in [-0.39, 0.29) is 39.8 Å². The maximum Gasteiger partial charge on any atom is 0.0618 e. The minimum atomic E-state index is -0.374. The number of aliphatic hydroxyl groups excluding tert-OH is 2. The molecule has 0 spiro atoms. The van der Waals surface area contributed by atoms with Crippen molar-refractivity contribution in [2.75, 3.05) is 6.61 Å². The second-order valence-electron chi connectivity index (χ2n) is 15.1. The predicted octanol–water partition coefficient (Wildman–Crippen LogP) is 7.31. The Hall–Kier alpha value is -0.600. The number of fused-ring (bicyclic) bond motifs is 7. The van der Waals surface area contributed by atoms with Gasteiger partial charge in [-0.05, 0) is 103 Å². The summed E-state index contributed by atoms with van der Waals surface area (Å²) < 4.78 is 0. The Labute approximate surface area is 203 Å². The lowest BCUT2D eigenvalue weighted by atomic mass is 9.33. The average Bonchev–Trinajstić information content (AvgIpc) is 2.73. The van der Waals surface area contributed by atoms with E-state index in [1.54, 1.807) is 5.57 Å². The zero-order valence-electron chi connectivity index (χ0n) is 22.6. The average molecular weight is 455 g/mol. The molecule has 0 aromatic heterocycles. The molecule has 0 unspecified atom stereocenters. The zero-order chi connectivity index (χ0) is 24.2. The summed E-state index contributed by atoms with van der Waals surface area (Å²) in [5.41, 5.74) is 4.21. The molecule has 0 heterocycles. The first-order chi connectivity index (χ1) is 15.2. The third-order valence-corrected chi connectivity index (χ3v) is 13.2. The highest BCUT2D eigenvalue weighted by molar-refractivity contribution is 5.37. The summed E-state index contributed by atoms with van der Waals surface area (Å²) >= 11 is 0. The van der Waals surface area contributed by atoms with E-state index in [9.17, 15) is 10.2 Å². The van der Waals surface area contributed by atoms with E-state index in [2.05, 4.69) is 61.1 Å². The van der Waals surface area contributed by atoms with Crippen molar-refractivity contribution >= 4 is 0 Å². The summed E-state index contributed by atoms with van der Waals surface area (Å²) in [5.74, 6) is 1.66. The standard InChI is InChI=1S/C31H50O2/c1-20-17-26(2,3)18-22-21-9-10-24-28(5)13-12-25(33)29(6,19-32)23(28)11-14-31(24,8)30(21,7)16-15-27(20,22)4/h9,22-25,32-33H,1,10-19H2,2-8H3/t22-,23+,24+,25-,27-,28-,29+,30+,31+/m0/s1. The van der Waals surface area contributed by atoms with Gasteiger partial charge in [-0.15, -0.1) is 0 Å². The van der Waals surface area contributed by atoms with Gasteiger partial charge in [0.05, 0.1) is 12.7 Å². The highest BCUT2D eigenvalue weighted by Crippen LogP contribution is 2.76. The van der Waals surface area contributed by atoms with E-state index in [4.69, 9.17) is 0 Å². The number of hydrogen-bond acceptors (Lipinski definition) is 2. The predicted molar refractivity (Wildman–Crippen MR) is 137 cm³/mol. The van der Waals surface area contributed by atoms with E-state index in [0.717, 1.165) is 19.3 Å². The Balaban J connectivity index is 1.59. The molecule has 4 fully saturated rings. The van der Waals surface area contributed by atoms with E-state index >= 15 is 0 Å². The maximum atomic E-state index is 10.9. The first-order valence-corrected chi connectivity index (χ1v) is 13.9. The van der Waals surface area contributed by atoms with Crippen LogP contribution >= 0.6 is 0 Å². The first-order valence-electron chi connectivity index (χ1n) is 13.9. The molecule has 9 atom stereocenters. The number of rotatable bonds is 1. The second kappa shape index (κ2) is 7.00. The molecule has 0 aromatic rings. The monoisotopic (exact) mass is 454 g/mol. The van der Waals surface area contributed by atoms with Gasteiger partial charge in [0.15, 0.2) is 0 Å². The highest BCUT2D eigenvalue weighted by Gasteiger charge is 2.68. The summed E-state index contributed by atoms with van der Waals surface area (Å²) in [4.78, 5) is 0. The minimum absolute atomic E-state index is 0.105. The smallest absolute Gasteiger partial charge is 0.0618 e. The van der Waals surface area contributed by atoms with Gasteiger partial charge in [-0.1, -0.05) is 72.3 Å². The lowest BCUT2D eigenvalue weighted by Crippen LogP contribution is -2.65. The number of allylic oxidation sites excluding steroid dienone is 3. The Kier molecular flexibility index (Phi) is 5.11. The fourth-order valence-corrected chi connectivity index (χ4v) is 10.7. The zero-order valence-corrected chi connectivity index (χ0v) is 22.6. The molecule has 2 nitrogen and oxygen atoms in total. The van der Waals surface area contributed by atoms with Crippen molar-refractivity contribution in [3.05, 3.63) is 23.8 Å². The summed E-state index contributed by atoms with van der Waals surface area (Å²) in [7, 11) is 0. The van der Waals surface area contributed by atoms with Gasteiger partial charge in [-0.2, -0.15) is 0 Å². The molecule has 2 N–H and O–H groups in total. The van der Waals surface area contributed by atoms with E-state index in [1.807, 2.05) is 0 Å². The van der Waals surface area contributed by atoms with Crippen LogP contribution < -0.4 is 0 Å². The van der Waals surface area contributed by atoms with Crippen LogP contribution in [-0.2, 0) is 0 Å². The topological polar surface area (TPSA) is 40.5 Å². The fraction of sp³-hybridized carbons (Fsp3) is 0.871. The second-order valence-corrected chi connectivity index (χ2v) is 15.1. The van der Waals surface area contributed by atoms with Gasteiger partial charge >= 0.3 is 0 Å². The van der Waals surface area contributed by atoms with Crippen molar-refractivity contribution in [3.8, 4) is 0 Å². The van der Waals surface area contributed by atoms with Crippen LogP contribution in [-0.4, -0.2) is 22.9 Å². The minimum Gasteiger partial charge on any atom is -0.396 e. The Morgan fingerprint density at radius 1 is 0.939 bits per heavy atom. The normalized spacial score (nSPS) is 55.5. The van der Waals surface area contributed by atoms with Gasteiger partial charge in [0.2, 0.25) is 0 Å².